The molecular weight excluding hydrogens is 430 g/mol. The summed E-state index contributed by atoms with van der Waals surface area (Å²) in [6, 6.07) is 11.7. The molecule has 3 rings (SSSR count). The van der Waals surface area contributed by atoms with Crippen LogP contribution >= 0.6 is 43.2 Å². The summed E-state index contributed by atoms with van der Waals surface area (Å²) in [5.74, 6) is 0.171. The van der Waals surface area contributed by atoms with E-state index >= 15 is 0 Å². The van der Waals surface area contributed by atoms with Crippen molar-refractivity contribution in [2.24, 2.45) is 17.3 Å². The molecule has 0 saturated carbocycles. The molecule has 0 amide bonds. The highest BCUT2D eigenvalue weighted by molar-refractivity contribution is 9.11. The minimum absolute atomic E-state index is 0.171. The molecule has 1 aromatic heterocycles. The smallest absolute Gasteiger partial charge is 0.211 e. The Labute approximate surface area is 147 Å². The maximum atomic E-state index is 9.69. The number of rotatable bonds is 2. The van der Waals surface area contributed by atoms with E-state index in [-0.39, 0.29) is 5.75 Å². The molecule has 0 unspecified atom stereocenters. The number of aromatic nitrogens is 1. The number of nitrogens with zero attached hydrogens (tertiary/aromatic N) is 3. The van der Waals surface area contributed by atoms with E-state index < -0.39 is 0 Å². The van der Waals surface area contributed by atoms with Gasteiger partial charge in [-0.15, -0.1) is 5.10 Å². The molecule has 0 radical (unpaired) electrons. The quantitative estimate of drug-likeness (QED) is 0.465. The summed E-state index contributed by atoms with van der Waals surface area (Å²) < 4.78 is 4.40. The van der Waals surface area contributed by atoms with Crippen molar-refractivity contribution >= 4 is 59.6 Å². The van der Waals surface area contributed by atoms with Gasteiger partial charge in [0.05, 0.1) is 25.4 Å². The molecule has 22 heavy (non-hydrogen) atoms. The zero-order chi connectivity index (χ0) is 15.7. The maximum Gasteiger partial charge on any atom is 0.211 e. The van der Waals surface area contributed by atoms with Gasteiger partial charge in [-0.05, 0) is 61.7 Å². The number of fused-ring (bicyclic) bond motifs is 1. The zero-order valence-electron chi connectivity index (χ0n) is 11.5. The molecule has 1 heterocycles. The molecule has 0 aliphatic heterocycles. The second-order valence-electron chi connectivity index (χ2n) is 4.59. The minimum atomic E-state index is 0.171. The van der Waals surface area contributed by atoms with Crippen LogP contribution in [0.25, 0.3) is 10.2 Å². The van der Waals surface area contributed by atoms with E-state index in [1.807, 2.05) is 23.7 Å². The van der Waals surface area contributed by atoms with Crippen LogP contribution < -0.4 is 4.80 Å². The normalized spacial score (nSPS) is 12.6. The van der Waals surface area contributed by atoms with Crippen molar-refractivity contribution in [3.63, 3.8) is 0 Å². The van der Waals surface area contributed by atoms with E-state index in [1.54, 1.807) is 29.7 Å². The lowest BCUT2D eigenvalue weighted by molar-refractivity contribution is 0.468. The fourth-order valence-electron chi connectivity index (χ4n) is 1.98. The Morgan fingerprint density at radius 3 is 2.55 bits per heavy atom. The number of halogens is 2. The predicted octanol–water partition coefficient (Wildman–Crippen LogP) is 4.41. The van der Waals surface area contributed by atoms with Gasteiger partial charge in [0.15, 0.2) is 0 Å². The summed E-state index contributed by atoms with van der Waals surface area (Å²) in [6.45, 7) is 0. The van der Waals surface area contributed by atoms with E-state index in [4.69, 9.17) is 0 Å². The van der Waals surface area contributed by atoms with Gasteiger partial charge in [-0.3, -0.25) is 0 Å². The summed E-state index contributed by atoms with van der Waals surface area (Å²) in [6.07, 6.45) is 1.65. The first kappa shape index (κ1) is 15.5. The number of aromatic hydroxyl groups is 1. The van der Waals surface area contributed by atoms with Crippen LogP contribution in [-0.4, -0.2) is 15.9 Å². The average Bonchev–Trinajstić information content (AvgIpc) is 2.82. The Morgan fingerprint density at radius 1 is 1.18 bits per heavy atom. The molecule has 3 aromatic rings. The third-order valence-corrected chi connectivity index (χ3v) is 5.42. The van der Waals surface area contributed by atoms with Crippen LogP contribution in [0.15, 0.2) is 55.5 Å². The molecule has 4 nitrogen and oxygen atoms in total. The van der Waals surface area contributed by atoms with Gasteiger partial charge >= 0.3 is 0 Å². The van der Waals surface area contributed by atoms with Gasteiger partial charge in [0.25, 0.3) is 0 Å². The Kier molecular flexibility index (Phi) is 4.46. The Hall–Kier alpha value is -1.44. The van der Waals surface area contributed by atoms with Gasteiger partial charge in [0.1, 0.15) is 5.75 Å². The number of aryl methyl sites for hydroxylation is 1. The number of thiazole rings is 1. The molecule has 0 saturated heterocycles. The molecule has 0 fully saturated rings. The van der Waals surface area contributed by atoms with E-state index in [2.05, 4.69) is 54.2 Å². The monoisotopic (exact) mass is 439 g/mol. The Bertz CT molecular complexity index is 920. The SMILES string of the molecule is Cn1/c(=N\N=C\c2cc(Br)c(O)c(Br)c2)sc2ccccc21. The number of phenolic OH excluding ortho intramolecular Hbond substituents is 1. The average molecular weight is 441 g/mol. The second kappa shape index (κ2) is 6.36. The van der Waals surface area contributed by atoms with E-state index in [9.17, 15) is 5.11 Å². The van der Waals surface area contributed by atoms with Gasteiger partial charge in [-0.1, -0.05) is 23.5 Å². The summed E-state index contributed by atoms with van der Waals surface area (Å²) in [7, 11) is 1.97. The van der Waals surface area contributed by atoms with E-state index in [1.165, 1.54) is 4.70 Å². The van der Waals surface area contributed by atoms with Gasteiger partial charge in [-0.25, -0.2) is 0 Å². The molecule has 2 aromatic carbocycles. The first-order valence-electron chi connectivity index (χ1n) is 6.36. The summed E-state index contributed by atoms with van der Waals surface area (Å²) in [4.78, 5) is 0.828. The molecule has 0 bridgehead atoms. The molecule has 0 atom stereocenters. The van der Waals surface area contributed by atoms with Crippen molar-refractivity contribution in [2.75, 3.05) is 0 Å². The first-order valence-corrected chi connectivity index (χ1v) is 8.76. The Balaban J connectivity index is 1.97. The minimum Gasteiger partial charge on any atom is -0.506 e. The highest BCUT2D eigenvalue weighted by Gasteiger charge is 2.04. The summed E-state index contributed by atoms with van der Waals surface area (Å²) in [5.41, 5.74) is 1.97. The van der Waals surface area contributed by atoms with Gasteiger partial charge in [-0.2, -0.15) is 5.10 Å². The lowest BCUT2D eigenvalue weighted by Crippen LogP contribution is -2.08. The fraction of sp³-hybridized carbons (Fsp3) is 0.0667. The van der Waals surface area contributed by atoms with Gasteiger partial charge < -0.3 is 9.67 Å². The molecule has 0 aliphatic rings. The largest absolute Gasteiger partial charge is 0.506 e. The molecule has 0 spiro atoms. The standard InChI is InChI=1S/C15H11Br2N3OS/c1-20-12-4-2-3-5-13(12)22-15(20)19-18-8-9-6-10(16)14(21)11(17)7-9/h2-8,21H,1H3/b18-8+,19-15+. The van der Waals surface area contributed by atoms with Crippen LogP contribution in [0, 0.1) is 0 Å². The molecule has 112 valence electrons. The third-order valence-electron chi connectivity index (χ3n) is 3.10. The topological polar surface area (TPSA) is 49.9 Å². The first-order chi connectivity index (χ1) is 10.6. The number of benzene rings is 2. The number of hydrogen-bond donors (Lipinski definition) is 1. The van der Waals surface area contributed by atoms with Gasteiger partial charge in [0.2, 0.25) is 4.80 Å². The molecule has 1 N–H and O–H groups in total. The highest BCUT2D eigenvalue weighted by atomic mass is 79.9. The number of phenols is 1. The van der Waals surface area contributed by atoms with Gasteiger partial charge in [0, 0.05) is 7.05 Å². The van der Waals surface area contributed by atoms with Crippen LogP contribution in [0.1, 0.15) is 5.56 Å². The van der Waals surface area contributed by atoms with E-state index in [0.717, 1.165) is 15.9 Å². The lowest BCUT2D eigenvalue weighted by atomic mass is 10.2. The van der Waals surface area contributed by atoms with Crippen LogP contribution in [0.2, 0.25) is 0 Å². The third kappa shape index (κ3) is 3.02. The Morgan fingerprint density at radius 2 is 1.86 bits per heavy atom. The van der Waals surface area contributed by atoms with Crippen molar-refractivity contribution in [1.82, 2.24) is 4.57 Å². The fourth-order valence-corrected chi connectivity index (χ4v) is 4.18. The summed E-state index contributed by atoms with van der Waals surface area (Å²) >= 11 is 8.18. The van der Waals surface area contributed by atoms with Crippen LogP contribution in [0.5, 0.6) is 5.75 Å². The number of para-hydroxylation sites is 1. The van der Waals surface area contributed by atoms with Crippen LogP contribution in [0.4, 0.5) is 0 Å². The van der Waals surface area contributed by atoms with Crippen molar-refractivity contribution in [2.45, 2.75) is 0 Å². The number of hydrogen-bond acceptors (Lipinski definition) is 4. The predicted molar refractivity (Wildman–Crippen MR) is 97.5 cm³/mol. The highest BCUT2D eigenvalue weighted by Crippen LogP contribution is 2.32. The molecule has 7 heteroatoms. The van der Waals surface area contributed by atoms with Crippen molar-refractivity contribution < 1.29 is 5.11 Å². The molecular formula is C15H11Br2N3OS. The summed E-state index contributed by atoms with van der Waals surface area (Å²) in [5, 5.41) is 18.1. The van der Waals surface area contributed by atoms with Crippen LogP contribution in [0.3, 0.4) is 0 Å². The maximum absolute atomic E-state index is 9.69. The lowest BCUT2D eigenvalue weighted by Gasteiger charge is -2.01. The zero-order valence-corrected chi connectivity index (χ0v) is 15.5. The van der Waals surface area contributed by atoms with E-state index in [0.29, 0.717) is 8.95 Å². The van der Waals surface area contributed by atoms with Crippen molar-refractivity contribution in [3.05, 3.63) is 55.7 Å². The molecule has 0 aliphatic carbocycles. The van der Waals surface area contributed by atoms with Crippen molar-refractivity contribution in [3.8, 4) is 5.75 Å². The van der Waals surface area contributed by atoms with Crippen molar-refractivity contribution in [1.29, 1.82) is 0 Å². The van der Waals surface area contributed by atoms with Crippen LogP contribution in [-0.2, 0) is 7.05 Å². The second-order valence-corrected chi connectivity index (χ2v) is 7.31.